The second-order valence-electron chi connectivity index (χ2n) is 0.236. The van der Waals surface area contributed by atoms with Gasteiger partial charge in [-0.25, -0.2) is 0 Å². The van der Waals surface area contributed by atoms with Gasteiger partial charge in [-0.05, 0) is 0 Å². The summed E-state index contributed by atoms with van der Waals surface area (Å²) >= 11 is 7.75. The molecule has 0 spiro atoms. The van der Waals surface area contributed by atoms with Crippen LogP contribution in [0, 0.1) is 0 Å². The molecule has 0 aliphatic carbocycles. The molecule has 6 heteroatoms. The first kappa shape index (κ1) is 17.2. The molecule has 0 N–H and O–H groups in total. The van der Waals surface area contributed by atoms with Crippen molar-refractivity contribution >= 4 is 10.7 Å². The zero-order valence-electron chi connectivity index (χ0n) is 3.53. The molecule has 0 saturated heterocycles. The summed E-state index contributed by atoms with van der Waals surface area (Å²) in [6.45, 7) is 0. The molecule has 0 bridgehead atoms. The average Bonchev–Trinajstić information content (AvgIpc) is 1.96. The van der Waals surface area contributed by atoms with Crippen molar-refractivity contribution in [3.8, 4) is 0 Å². The fourth-order valence-corrected chi connectivity index (χ4v) is 0. The number of hydrogen-bond acceptors (Lipinski definition) is 1. The molecule has 1 nitrogen and oxygen atoms in total. The van der Waals surface area contributed by atoms with E-state index in [1.165, 1.54) is 0 Å². The minimum atomic E-state index is 0.662. The van der Waals surface area contributed by atoms with E-state index in [0.29, 0.717) is 6.29 Å². The third kappa shape index (κ3) is 36.1. The number of rotatable bonds is 1. The Balaban J connectivity index is -0.0000000542. The summed E-state index contributed by atoms with van der Waals surface area (Å²) in [4.78, 5) is 9.08. The molecular formula is C2HOW5-. The SMILES string of the molecule is O=C[C-]=[W].[W]=[W].[W]=[W]. The van der Waals surface area contributed by atoms with Crippen LogP contribution in [0.4, 0.5) is 0 Å². The van der Waals surface area contributed by atoms with Crippen molar-refractivity contribution in [2.45, 2.75) is 0 Å². The van der Waals surface area contributed by atoms with E-state index >= 15 is 0 Å². The van der Waals surface area contributed by atoms with Gasteiger partial charge in [0.15, 0.2) is 0 Å². The molecule has 0 aliphatic rings. The molecule has 0 rings (SSSR count). The van der Waals surface area contributed by atoms with Gasteiger partial charge < -0.3 is 0 Å². The van der Waals surface area contributed by atoms with Gasteiger partial charge in [0.1, 0.15) is 0 Å². The summed E-state index contributed by atoms with van der Waals surface area (Å²) in [5.74, 6) is 0. The zero-order chi connectivity index (χ0) is 7.41. The average molecular weight is 960 g/mol. The Morgan fingerprint density at radius 1 is 1.12 bits per heavy atom. The van der Waals surface area contributed by atoms with Crippen molar-refractivity contribution in [1.82, 2.24) is 0 Å². The van der Waals surface area contributed by atoms with Crippen molar-refractivity contribution in [2.75, 3.05) is 0 Å². The van der Waals surface area contributed by atoms with Crippen molar-refractivity contribution in [1.29, 1.82) is 0 Å². The fourth-order valence-electron chi connectivity index (χ4n) is 0. The Bertz CT molecular complexity index is 46.4. The monoisotopic (exact) mass is 961 g/mol. The molecule has 0 amide bonds. The number of aldehydes is 1. The van der Waals surface area contributed by atoms with Crippen LogP contribution in [0.1, 0.15) is 0 Å². The van der Waals surface area contributed by atoms with Crippen molar-refractivity contribution in [3.05, 3.63) is 0 Å². The van der Waals surface area contributed by atoms with E-state index < -0.39 is 0 Å². The van der Waals surface area contributed by atoms with Crippen LogP contribution in [0.25, 0.3) is 0 Å². The second kappa shape index (κ2) is 32.4. The maximum atomic E-state index is 9.08. The zero-order valence-corrected chi connectivity index (χ0v) is 18.2. The van der Waals surface area contributed by atoms with Crippen LogP contribution in [0.3, 0.4) is 0 Å². The van der Waals surface area contributed by atoms with Gasteiger partial charge in [-0.3, -0.25) is 0 Å². The maximum absolute atomic E-state index is 9.08. The van der Waals surface area contributed by atoms with Crippen LogP contribution >= 0.6 is 0 Å². The van der Waals surface area contributed by atoms with Crippen LogP contribution in [0.15, 0.2) is 0 Å². The molecular weight excluding hydrogens is 959 g/mol. The van der Waals surface area contributed by atoms with Gasteiger partial charge in [-0.2, -0.15) is 0 Å². The topological polar surface area (TPSA) is 17.1 Å². The second-order valence-corrected chi connectivity index (χ2v) is 1.08. The first-order valence-corrected chi connectivity index (χ1v) is 24.5. The van der Waals surface area contributed by atoms with Crippen LogP contribution in [0.2, 0.25) is 0 Å². The van der Waals surface area contributed by atoms with Crippen LogP contribution in [0.5, 0.6) is 0 Å². The van der Waals surface area contributed by atoms with Crippen LogP contribution in [-0.4, -0.2) is 10.7 Å². The molecule has 0 aliphatic heterocycles. The molecule has 0 aromatic carbocycles. The van der Waals surface area contributed by atoms with Crippen molar-refractivity contribution in [2.24, 2.45) is 0 Å². The van der Waals surface area contributed by atoms with Crippen molar-refractivity contribution in [3.63, 3.8) is 0 Å². The summed E-state index contributed by atoms with van der Waals surface area (Å²) in [7, 11) is 0. The van der Waals surface area contributed by atoms with E-state index in [0.717, 1.165) is 19.4 Å². The third-order valence-electron chi connectivity index (χ3n) is 0.0481. The third-order valence-corrected chi connectivity index (χ3v) is 0.394. The molecule has 0 fully saturated rings. The van der Waals surface area contributed by atoms with Crippen LogP contribution in [-0.2, 0) is 89.0 Å². The standard InChI is InChI=1S/C2HO.5W/c1-2-3;;;;;/h2H;;;;;/q-1;;;;;. The van der Waals surface area contributed by atoms with Crippen molar-refractivity contribution < 1.29 is 89.0 Å². The minimum absolute atomic E-state index is 0.662. The molecule has 0 unspecified atom stereocenters. The van der Waals surface area contributed by atoms with Gasteiger partial charge in [0.2, 0.25) is 0 Å². The molecule has 0 saturated carbocycles. The summed E-state index contributed by atoms with van der Waals surface area (Å²) in [6.07, 6.45) is 0.662. The van der Waals surface area contributed by atoms with Gasteiger partial charge >= 0.3 is 99.7 Å². The van der Waals surface area contributed by atoms with Crippen LogP contribution < -0.4 is 0 Å². The number of hydrogen-bond donors (Lipinski definition) is 0. The molecule has 0 heterocycles. The van der Waals surface area contributed by atoms with E-state index in [1.54, 1.807) is 64.9 Å². The summed E-state index contributed by atoms with van der Waals surface area (Å²) in [6, 6.07) is 0. The Morgan fingerprint density at radius 2 is 1.25 bits per heavy atom. The van der Waals surface area contributed by atoms with E-state index in [2.05, 4.69) is 4.40 Å². The first-order chi connectivity index (χ1) is 3.91. The van der Waals surface area contributed by atoms with E-state index in [-0.39, 0.29) is 0 Å². The molecule has 8 heavy (non-hydrogen) atoms. The Labute approximate surface area is 97.6 Å². The Hall–Kier alpha value is 2.98. The predicted octanol–water partition coefficient (Wildman–Crippen LogP) is -0.599. The fraction of sp³-hybridized carbons (Fsp3) is 0. The first-order valence-electron chi connectivity index (χ1n) is 1.06. The van der Waals surface area contributed by atoms with E-state index in [1.807, 2.05) is 0 Å². The van der Waals surface area contributed by atoms with E-state index in [4.69, 9.17) is 4.79 Å². The summed E-state index contributed by atoms with van der Waals surface area (Å²) in [5.41, 5.74) is 0. The molecule has 0 radical (unpaired) electrons. The predicted molar refractivity (Wildman–Crippen MR) is 11.1 cm³/mol. The van der Waals surface area contributed by atoms with E-state index in [9.17, 15) is 0 Å². The van der Waals surface area contributed by atoms with Gasteiger partial charge in [0, 0.05) is 0 Å². The summed E-state index contributed by atoms with van der Waals surface area (Å²) in [5, 5.41) is 0. The summed E-state index contributed by atoms with van der Waals surface area (Å²) < 4.78 is 2.33. The van der Waals surface area contributed by atoms with Gasteiger partial charge in [-0.1, -0.05) is 0 Å². The quantitative estimate of drug-likeness (QED) is 0.254. The molecule has 0 atom stereocenters. The van der Waals surface area contributed by atoms with Gasteiger partial charge in [0.25, 0.3) is 0 Å². The Kier molecular flexibility index (Phi) is 69.7. The normalized spacial score (nSPS) is 3.50. The molecule has 46 valence electrons. The Morgan fingerprint density at radius 3 is 1.25 bits per heavy atom. The number of carbonyl (C=O) groups is 1. The van der Waals surface area contributed by atoms with Gasteiger partial charge in [0.05, 0.1) is 0 Å². The molecule has 0 aromatic heterocycles. The molecule has 0 aromatic rings. The number of carbonyl (C=O) groups excluding carboxylic acids is 1. The van der Waals surface area contributed by atoms with Gasteiger partial charge in [-0.15, -0.1) is 0 Å².